The van der Waals surface area contributed by atoms with Crippen molar-refractivity contribution in [2.75, 3.05) is 7.05 Å². The number of likely N-dealkylation sites (N-methyl/N-ethyl adjacent to an activating group) is 1. The Kier molecular flexibility index (Phi) is 5.78. The van der Waals surface area contributed by atoms with Gasteiger partial charge in [0.25, 0.3) is 0 Å². The van der Waals surface area contributed by atoms with Crippen LogP contribution in [-0.4, -0.2) is 28.9 Å². The number of rotatable bonds is 6. The summed E-state index contributed by atoms with van der Waals surface area (Å²) in [5, 5.41) is 0. The molecule has 100 valence electrons. The number of amides is 1. The number of pyridine rings is 1. The van der Waals surface area contributed by atoms with E-state index < -0.39 is 0 Å². The molecule has 1 amide bonds. The van der Waals surface area contributed by atoms with Crippen LogP contribution in [0.25, 0.3) is 0 Å². The first-order chi connectivity index (χ1) is 8.54. The lowest BCUT2D eigenvalue weighted by atomic mass is 10.1. The van der Waals surface area contributed by atoms with Crippen molar-refractivity contribution < 1.29 is 4.79 Å². The van der Waals surface area contributed by atoms with Crippen molar-refractivity contribution in [1.29, 1.82) is 0 Å². The molecule has 0 spiro atoms. The summed E-state index contributed by atoms with van der Waals surface area (Å²) >= 11 is 0. The van der Waals surface area contributed by atoms with Gasteiger partial charge in [0, 0.05) is 12.7 Å². The normalized spacial score (nSPS) is 12.2. The summed E-state index contributed by atoms with van der Waals surface area (Å²) < 4.78 is 0. The summed E-state index contributed by atoms with van der Waals surface area (Å²) in [7, 11) is 1.78. The Bertz CT molecular complexity index is 392. The van der Waals surface area contributed by atoms with E-state index in [0.717, 1.165) is 30.7 Å². The summed E-state index contributed by atoms with van der Waals surface area (Å²) in [5.41, 5.74) is 7.73. The zero-order valence-electron chi connectivity index (χ0n) is 11.5. The molecule has 18 heavy (non-hydrogen) atoms. The zero-order valence-corrected chi connectivity index (χ0v) is 11.5. The maximum atomic E-state index is 12.0. The second-order valence-corrected chi connectivity index (χ2v) is 4.71. The van der Waals surface area contributed by atoms with Crippen molar-refractivity contribution in [2.45, 2.75) is 45.7 Å². The van der Waals surface area contributed by atoms with E-state index in [1.807, 2.05) is 25.1 Å². The van der Waals surface area contributed by atoms with E-state index in [-0.39, 0.29) is 11.9 Å². The molecule has 1 aromatic rings. The van der Waals surface area contributed by atoms with E-state index in [2.05, 4.69) is 11.9 Å². The summed E-state index contributed by atoms with van der Waals surface area (Å²) in [4.78, 5) is 18.0. The Morgan fingerprint density at radius 2 is 2.22 bits per heavy atom. The minimum absolute atomic E-state index is 0.00763. The Morgan fingerprint density at radius 1 is 1.50 bits per heavy atom. The Morgan fingerprint density at radius 3 is 2.83 bits per heavy atom. The molecule has 4 heteroatoms. The third-order valence-corrected chi connectivity index (χ3v) is 2.91. The van der Waals surface area contributed by atoms with Gasteiger partial charge in [0.15, 0.2) is 0 Å². The maximum absolute atomic E-state index is 12.0. The van der Waals surface area contributed by atoms with Gasteiger partial charge in [-0.3, -0.25) is 9.78 Å². The number of unbranched alkanes of at least 4 members (excludes halogenated alkanes) is 1. The summed E-state index contributed by atoms with van der Waals surface area (Å²) in [6.07, 6.45) is 2.80. The van der Waals surface area contributed by atoms with Crippen molar-refractivity contribution in [2.24, 2.45) is 5.73 Å². The minimum atomic E-state index is -0.389. The van der Waals surface area contributed by atoms with Gasteiger partial charge in [-0.05, 0) is 25.5 Å². The van der Waals surface area contributed by atoms with Crippen LogP contribution < -0.4 is 5.73 Å². The fraction of sp³-hybridized carbons (Fsp3) is 0.571. The lowest BCUT2D eigenvalue weighted by molar-refractivity contribution is -0.132. The lowest BCUT2D eigenvalue weighted by Crippen LogP contribution is -2.41. The standard InChI is InChI=1S/C14H23N3O/c1-4-5-9-13(15)14(18)17(3)10-12-8-6-7-11(2)16-12/h6-8,13H,4-5,9-10,15H2,1-3H3/t13-/m0/s1. The van der Waals surface area contributed by atoms with Gasteiger partial charge >= 0.3 is 0 Å². The van der Waals surface area contributed by atoms with E-state index in [1.54, 1.807) is 11.9 Å². The molecule has 1 heterocycles. The fourth-order valence-electron chi connectivity index (χ4n) is 1.84. The Hall–Kier alpha value is -1.42. The molecule has 1 atom stereocenters. The monoisotopic (exact) mass is 249 g/mol. The van der Waals surface area contributed by atoms with Crippen molar-refractivity contribution in [1.82, 2.24) is 9.88 Å². The molecule has 0 unspecified atom stereocenters. The number of carbonyl (C=O) groups is 1. The highest BCUT2D eigenvalue weighted by atomic mass is 16.2. The molecule has 1 rings (SSSR count). The molecule has 0 aliphatic carbocycles. The molecule has 0 aliphatic heterocycles. The molecule has 0 aromatic carbocycles. The second kappa shape index (κ2) is 7.11. The van der Waals surface area contributed by atoms with Crippen LogP contribution >= 0.6 is 0 Å². The van der Waals surface area contributed by atoms with Crippen LogP contribution in [0.1, 0.15) is 37.6 Å². The summed E-state index contributed by atoms with van der Waals surface area (Å²) in [6.45, 7) is 4.55. The van der Waals surface area contributed by atoms with E-state index >= 15 is 0 Å². The predicted octanol–water partition coefficient (Wildman–Crippen LogP) is 1.87. The fourth-order valence-corrected chi connectivity index (χ4v) is 1.84. The van der Waals surface area contributed by atoms with Gasteiger partial charge in [-0.25, -0.2) is 0 Å². The molecule has 0 saturated carbocycles. The maximum Gasteiger partial charge on any atom is 0.239 e. The first kappa shape index (κ1) is 14.6. The lowest BCUT2D eigenvalue weighted by Gasteiger charge is -2.21. The molecular formula is C14H23N3O. The van der Waals surface area contributed by atoms with Gasteiger partial charge < -0.3 is 10.6 Å². The first-order valence-electron chi connectivity index (χ1n) is 6.47. The van der Waals surface area contributed by atoms with E-state index in [9.17, 15) is 4.79 Å². The molecule has 2 N–H and O–H groups in total. The van der Waals surface area contributed by atoms with E-state index in [4.69, 9.17) is 5.73 Å². The van der Waals surface area contributed by atoms with Gasteiger partial charge in [0.2, 0.25) is 5.91 Å². The molecule has 0 bridgehead atoms. The third-order valence-electron chi connectivity index (χ3n) is 2.91. The van der Waals surface area contributed by atoms with Gasteiger partial charge in [-0.1, -0.05) is 25.8 Å². The molecular weight excluding hydrogens is 226 g/mol. The Labute approximate surface area is 109 Å². The number of hydrogen-bond donors (Lipinski definition) is 1. The quantitative estimate of drug-likeness (QED) is 0.837. The average Bonchev–Trinajstić information content (AvgIpc) is 2.35. The predicted molar refractivity (Wildman–Crippen MR) is 72.9 cm³/mol. The van der Waals surface area contributed by atoms with Crippen molar-refractivity contribution in [3.05, 3.63) is 29.6 Å². The van der Waals surface area contributed by atoms with Crippen LogP contribution in [-0.2, 0) is 11.3 Å². The largest absolute Gasteiger partial charge is 0.339 e. The van der Waals surface area contributed by atoms with Gasteiger partial charge in [0.05, 0.1) is 18.3 Å². The van der Waals surface area contributed by atoms with E-state index in [1.165, 1.54) is 0 Å². The number of aryl methyl sites for hydroxylation is 1. The highest BCUT2D eigenvalue weighted by Crippen LogP contribution is 2.06. The summed E-state index contributed by atoms with van der Waals surface area (Å²) in [5.74, 6) is -0.00763. The molecule has 4 nitrogen and oxygen atoms in total. The molecule has 0 saturated heterocycles. The average molecular weight is 249 g/mol. The van der Waals surface area contributed by atoms with Crippen LogP contribution in [0.5, 0.6) is 0 Å². The highest BCUT2D eigenvalue weighted by molar-refractivity contribution is 5.81. The van der Waals surface area contributed by atoms with Crippen LogP contribution in [0.2, 0.25) is 0 Å². The van der Waals surface area contributed by atoms with Crippen LogP contribution in [0.3, 0.4) is 0 Å². The smallest absolute Gasteiger partial charge is 0.239 e. The van der Waals surface area contributed by atoms with Gasteiger partial charge in [0.1, 0.15) is 0 Å². The molecule has 0 fully saturated rings. The third kappa shape index (κ3) is 4.45. The van der Waals surface area contributed by atoms with Crippen LogP contribution in [0.4, 0.5) is 0 Å². The minimum Gasteiger partial charge on any atom is -0.339 e. The summed E-state index contributed by atoms with van der Waals surface area (Å²) in [6, 6.07) is 5.43. The van der Waals surface area contributed by atoms with Crippen LogP contribution in [0, 0.1) is 6.92 Å². The number of hydrogen-bond acceptors (Lipinski definition) is 3. The van der Waals surface area contributed by atoms with Gasteiger partial charge in [-0.2, -0.15) is 0 Å². The SMILES string of the molecule is CCCC[C@H](N)C(=O)N(C)Cc1cccc(C)n1. The first-order valence-corrected chi connectivity index (χ1v) is 6.47. The van der Waals surface area contributed by atoms with Crippen molar-refractivity contribution in [3.63, 3.8) is 0 Å². The molecule has 0 radical (unpaired) electrons. The van der Waals surface area contributed by atoms with E-state index in [0.29, 0.717) is 6.54 Å². The highest BCUT2D eigenvalue weighted by Gasteiger charge is 2.17. The molecule has 1 aromatic heterocycles. The van der Waals surface area contributed by atoms with Crippen LogP contribution in [0.15, 0.2) is 18.2 Å². The molecule has 0 aliphatic rings. The van der Waals surface area contributed by atoms with Crippen molar-refractivity contribution >= 4 is 5.91 Å². The van der Waals surface area contributed by atoms with Crippen molar-refractivity contribution in [3.8, 4) is 0 Å². The Balaban J connectivity index is 2.54. The zero-order chi connectivity index (χ0) is 13.5. The topological polar surface area (TPSA) is 59.2 Å². The second-order valence-electron chi connectivity index (χ2n) is 4.71. The van der Waals surface area contributed by atoms with Gasteiger partial charge in [-0.15, -0.1) is 0 Å². The number of carbonyl (C=O) groups excluding carboxylic acids is 1. The number of nitrogens with two attached hydrogens (primary N) is 1. The number of aromatic nitrogens is 1. The number of nitrogens with zero attached hydrogens (tertiary/aromatic N) is 2.